The van der Waals surface area contributed by atoms with Gasteiger partial charge in [-0.25, -0.2) is 60.9 Å². The molecular weight excluding hydrogens is 1710 g/mol. The predicted molar refractivity (Wildman–Crippen MR) is 437 cm³/mol. The van der Waals surface area contributed by atoms with Crippen LogP contribution in [0.15, 0.2) is 173 Å². The van der Waals surface area contributed by atoms with E-state index >= 15 is 0 Å². The zero-order valence-electron chi connectivity index (χ0n) is 66.4. The Labute approximate surface area is 712 Å². The van der Waals surface area contributed by atoms with Crippen molar-refractivity contribution in [2.75, 3.05) is 5.73 Å². The maximum Gasteiger partial charge on any atom is 0.337 e. The van der Waals surface area contributed by atoms with E-state index in [2.05, 4.69) is 39.9 Å². The number of halogens is 12. The Bertz CT molecular complexity index is 5820. The van der Waals surface area contributed by atoms with Gasteiger partial charge in [0.2, 0.25) is 17.5 Å². The third-order valence-corrected chi connectivity index (χ3v) is 17.0. The molecule has 0 unspecified atom stereocenters. The van der Waals surface area contributed by atoms with Gasteiger partial charge in [-0.05, 0) is 115 Å². The zero-order chi connectivity index (χ0) is 89.4. The standard InChI is InChI=1S/C18H13Cl2F2N3O2.C18H14ClF2N3O2.C12H11ClN2O2.C9H12O4.C7H10O3.C6H4ClF2N.C6H7ClN2.C5H6N2O/c1-9-6-24-16(19)5-14(9)25-10(2)3-15(17(20)18(25)26)27-8-13-12(22)4-11(21)7-23-13;1-10-7-23-17(19)6-16(10)24-11(2)3-13(5-18(24)25)26-9-15-14(21)4-12(20)8-22-15;1-7-6-14-11(13)5-10(7)15-8(2)3-9(16)4-12(15)17;1-6(10)4-7-5-8(11)13-9(2,3)12-7;1-5-4-6(8)10-7(2,3)9-5;7-2-6-5(9)1-4(8)3-10-6;1-4-3-9-6(7)2-5(4)8;1-5(8)7-3-2-6-4-7/h3-7H,8H2,1-2H3;3-8H,9H2,1-2H3;3-6,16H,1-2H3;5H,4H2,1-3H3;4H,1-3H3;1,3H,2H2;2-3H,1H3,(H2,8,9);2-4H,1H3. The summed E-state index contributed by atoms with van der Waals surface area (Å²) in [7, 11) is 0. The van der Waals surface area contributed by atoms with Crippen molar-refractivity contribution < 1.29 is 79.0 Å². The molecule has 13 heterocycles. The van der Waals surface area contributed by atoms with Crippen molar-refractivity contribution in [1.82, 2.24) is 58.1 Å². The number of imidazole rings is 1. The van der Waals surface area contributed by atoms with Gasteiger partial charge in [0.15, 0.2) is 11.6 Å². The summed E-state index contributed by atoms with van der Waals surface area (Å²) in [6.07, 6.45) is 16.4. The monoisotopic (exact) mass is 1780 g/mol. The van der Waals surface area contributed by atoms with Crippen LogP contribution in [0, 0.1) is 83.4 Å². The summed E-state index contributed by atoms with van der Waals surface area (Å²) in [5.41, 5.74) is 11.8. The highest BCUT2D eigenvalue weighted by atomic mass is 35.5. The number of aromatic nitrogens is 12. The van der Waals surface area contributed by atoms with E-state index in [-0.39, 0.29) is 104 Å². The fraction of sp³-hybridized carbons (Fsp3) is 0.247. The van der Waals surface area contributed by atoms with Gasteiger partial charge < -0.3 is 39.3 Å². The molecule has 13 rings (SSSR count). The Hall–Kier alpha value is -12.0. The SMILES string of the molecule is CC(=O)CC1=CC(=O)OC(C)(C)O1.CC(=O)n1ccnc1.CC1=CC(=O)OC(C)(C)O1.Cc1cnc(Cl)cc1-n1c(C)cc(O)cc1=O.Cc1cnc(Cl)cc1-n1c(C)cc(OCc2ncc(F)cc2F)c(Cl)c1=O.Cc1cnc(Cl)cc1-n1c(C)cc(OCc2ncc(F)cc2F)cc1=O.Cc1cnc(Cl)cc1N.Fc1cnc(CCl)c(F)c1. The van der Waals surface area contributed by atoms with E-state index in [1.165, 1.54) is 68.8 Å². The van der Waals surface area contributed by atoms with Crippen LogP contribution in [-0.4, -0.2) is 98.5 Å². The first-order valence-corrected chi connectivity index (χ1v) is 37.4. The highest BCUT2D eigenvalue weighted by Gasteiger charge is 2.31. The molecule has 2 aliphatic rings. The number of ketones is 1. The first-order chi connectivity index (χ1) is 56.2. The van der Waals surface area contributed by atoms with Crippen LogP contribution in [0.3, 0.4) is 0 Å². The number of nitrogens with zero attached hydrogens (tertiary/aromatic N) is 12. The number of nitrogen functional groups attached to an aromatic ring is 1. The number of aryl methyl sites for hydroxylation is 7. The Morgan fingerprint density at radius 2 is 0.925 bits per heavy atom. The lowest BCUT2D eigenvalue weighted by molar-refractivity contribution is -0.206. The second-order valence-electron chi connectivity index (χ2n) is 26.4. The number of ether oxygens (including phenoxy) is 6. The number of hydrogen-bond acceptors (Lipinski definition) is 23. The second kappa shape index (κ2) is 44.2. The molecule has 11 aromatic rings. The Morgan fingerprint density at radius 3 is 1.32 bits per heavy atom. The number of carbonyl (C=O) groups is 4. The number of rotatable bonds is 12. The number of Topliss-reactive ketones (excluding diaryl/α,β-unsaturated/α-hetero) is 1. The van der Waals surface area contributed by atoms with Gasteiger partial charge in [0.25, 0.3) is 16.7 Å². The number of hydrogen-bond donors (Lipinski definition) is 2. The quantitative estimate of drug-likeness (QED) is 0.0496. The molecule has 0 aromatic carbocycles. The molecule has 3 N–H and O–H groups in total. The summed E-state index contributed by atoms with van der Waals surface area (Å²) in [6.45, 7) is 23.3. The van der Waals surface area contributed by atoms with E-state index in [0.717, 1.165) is 53.0 Å². The molecule has 27 nitrogen and oxygen atoms in total. The Balaban J connectivity index is 0.000000221. The number of esters is 2. The molecule has 2 aliphatic heterocycles. The number of pyridine rings is 10. The molecule has 0 aliphatic carbocycles. The van der Waals surface area contributed by atoms with Gasteiger partial charge in [-0.3, -0.25) is 57.2 Å². The molecule has 0 saturated carbocycles. The summed E-state index contributed by atoms with van der Waals surface area (Å²) >= 11 is 34.6. The van der Waals surface area contributed by atoms with Gasteiger partial charge in [0, 0.05) is 137 Å². The molecule has 0 spiro atoms. The number of allylic oxidation sites excluding steroid dienone is 2. The lowest BCUT2D eigenvalue weighted by Gasteiger charge is -2.30. The maximum absolute atomic E-state index is 13.7. The summed E-state index contributed by atoms with van der Waals surface area (Å²) < 4.78 is 114. The number of aromatic hydroxyl groups is 1. The number of cyclic esters (lactones) is 2. The fourth-order valence-electron chi connectivity index (χ4n) is 10.2. The van der Waals surface area contributed by atoms with Gasteiger partial charge in [-0.1, -0.05) is 58.0 Å². The average molecular weight is 1780 g/mol. The van der Waals surface area contributed by atoms with Crippen LogP contribution in [0.5, 0.6) is 17.2 Å². The van der Waals surface area contributed by atoms with Gasteiger partial charge in [-0.2, -0.15) is 0 Å². The van der Waals surface area contributed by atoms with Crippen molar-refractivity contribution >= 4 is 98.9 Å². The van der Waals surface area contributed by atoms with Crippen LogP contribution in [-0.2, 0) is 52.4 Å². The van der Waals surface area contributed by atoms with Gasteiger partial charge in [0.05, 0.1) is 65.8 Å². The number of alkyl halides is 1. The minimum atomic E-state index is -0.962. The Morgan fingerprint density at radius 1 is 0.500 bits per heavy atom. The lowest BCUT2D eigenvalue weighted by atomic mass is 10.2. The molecule has 0 atom stereocenters. The topological polar surface area (TPSA) is 344 Å². The smallest absolute Gasteiger partial charge is 0.337 e. The van der Waals surface area contributed by atoms with Crippen molar-refractivity contribution in [1.29, 1.82) is 0 Å². The average Bonchev–Trinajstić information content (AvgIpc) is 0.856. The molecule has 11 aromatic heterocycles. The van der Waals surface area contributed by atoms with Crippen LogP contribution in [0.2, 0.25) is 25.6 Å². The minimum Gasteiger partial charge on any atom is -0.508 e. The molecule has 0 amide bonds. The van der Waals surface area contributed by atoms with Gasteiger partial charge in [-0.15, -0.1) is 11.6 Å². The molecule has 120 heavy (non-hydrogen) atoms. The lowest BCUT2D eigenvalue weighted by Crippen LogP contribution is -2.34. The molecule has 39 heteroatoms. The van der Waals surface area contributed by atoms with Crippen LogP contribution in [0.1, 0.15) is 116 Å². The van der Waals surface area contributed by atoms with Crippen LogP contribution < -0.4 is 31.9 Å². The first kappa shape index (κ1) is 96.8. The zero-order valence-corrected chi connectivity index (χ0v) is 71.0. The fourth-order valence-corrected chi connectivity index (χ4v) is 11.2. The largest absolute Gasteiger partial charge is 0.508 e. The summed E-state index contributed by atoms with van der Waals surface area (Å²) in [5.74, 6) is -6.01. The number of nitrogens with two attached hydrogens (primary N) is 1. The molecule has 634 valence electrons. The number of carbonyl (C=O) groups excluding carboxylic acids is 4. The van der Waals surface area contributed by atoms with Crippen LogP contribution in [0.4, 0.5) is 32.0 Å². The summed E-state index contributed by atoms with van der Waals surface area (Å²) in [4.78, 5) is 110. The molecular formula is C81H77Cl6F6N13O14. The molecule has 0 fully saturated rings. The number of anilines is 1. The van der Waals surface area contributed by atoms with E-state index in [0.29, 0.717) is 67.7 Å². The summed E-state index contributed by atoms with van der Waals surface area (Å²) in [6, 6.07) is 15.7. The van der Waals surface area contributed by atoms with Crippen molar-refractivity contribution in [2.24, 2.45) is 0 Å². The van der Waals surface area contributed by atoms with E-state index in [9.17, 15) is 65.0 Å². The Kier molecular flexibility index (Phi) is 35.6. The van der Waals surface area contributed by atoms with Gasteiger partial charge >= 0.3 is 11.9 Å². The van der Waals surface area contributed by atoms with Crippen molar-refractivity contribution in [3.8, 4) is 34.3 Å². The minimum absolute atomic E-state index is 0.0116. The predicted octanol–water partition coefficient (Wildman–Crippen LogP) is 17.0. The maximum atomic E-state index is 13.7. The van der Waals surface area contributed by atoms with E-state index in [1.54, 1.807) is 136 Å². The van der Waals surface area contributed by atoms with Crippen molar-refractivity contribution in [3.63, 3.8) is 0 Å². The third kappa shape index (κ3) is 29.8. The molecule has 0 radical (unpaired) electrons. The van der Waals surface area contributed by atoms with Gasteiger partial charge in [0.1, 0.15) is 114 Å². The summed E-state index contributed by atoms with van der Waals surface area (Å²) in [5, 5.41) is 10.4. The van der Waals surface area contributed by atoms with E-state index in [4.69, 9.17) is 104 Å². The van der Waals surface area contributed by atoms with E-state index < -0.39 is 58.0 Å². The molecule has 0 bridgehead atoms. The van der Waals surface area contributed by atoms with Crippen molar-refractivity contribution in [2.45, 2.75) is 134 Å². The third-order valence-electron chi connectivity index (χ3n) is 15.5. The second-order valence-corrected chi connectivity index (χ2v) is 28.6. The molecule has 0 saturated heterocycles. The highest BCUT2D eigenvalue weighted by Crippen LogP contribution is 2.29. The normalized spacial score (nSPS) is 12.5. The van der Waals surface area contributed by atoms with Crippen molar-refractivity contribution in [3.05, 3.63) is 307 Å². The van der Waals surface area contributed by atoms with E-state index in [1.807, 2.05) is 20.8 Å². The van der Waals surface area contributed by atoms with Crippen LogP contribution in [0.25, 0.3) is 17.1 Å². The van der Waals surface area contributed by atoms with Crippen LogP contribution >= 0.6 is 69.6 Å². The first-order valence-electron chi connectivity index (χ1n) is 35.0. The highest BCUT2D eigenvalue weighted by molar-refractivity contribution is 6.32.